The van der Waals surface area contributed by atoms with E-state index in [-0.39, 0.29) is 29.0 Å². The number of carbonyl (C=O) groups excluding carboxylic acids is 2. The number of halogens is 1. The Morgan fingerprint density at radius 2 is 1.43 bits per heavy atom. The molecule has 0 aliphatic heterocycles. The van der Waals surface area contributed by atoms with Gasteiger partial charge in [-0.15, -0.1) is 0 Å². The molecule has 37 heavy (non-hydrogen) atoms. The van der Waals surface area contributed by atoms with Crippen molar-refractivity contribution < 1.29 is 22.4 Å². The van der Waals surface area contributed by atoms with Crippen LogP contribution in [0.2, 0.25) is 0 Å². The van der Waals surface area contributed by atoms with Crippen LogP contribution in [0.1, 0.15) is 26.3 Å². The van der Waals surface area contributed by atoms with Gasteiger partial charge in [-0.25, -0.2) is 12.8 Å². The second-order valence-corrected chi connectivity index (χ2v) is 11.0. The van der Waals surface area contributed by atoms with Gasteiger partial charge in [0.2, 0.25) is 11.8 Å². The topological polar surface area (TPSA) is 86.8 Å². The number of hydrogen-bond acceptors (Lipinski definition) is 4. The fourth-order valence-electron chi connectivity index (χ4n) is 3.67. The number of amides is 2. The predicted octanol–water partition coefficient (Wildman–Crippen LogP) is 4.21. The number of nitrogens with one attached hydrogen (secondary N) is 1. The molecule has 0 radical (unpaired) electrons. The Bertz CT molecular complexity index is 1280. The Morgan fingerprint density at radius 1 is 0.865 bits per heavy atom. The highest BCUT2D eigenvalue weighted by molar-refractivity contribution is 7.92. The van der Waals surface area contributed by atoms with Crippen LogP contribution in [-0.4, -0.2) is 44.3 Å². The maximum absolute atomic E-state index is 13.7. The van der Waals surface area contributed by atoms with E-state index in [1.165, 1.54) is 4.90 Å². The molecule has 0 heterocycles. The molecule has 1 unspecified atom stereocenters. The molecule has 7 nitrogen and oxygen atoms in total. The summed E-state index contributed by atoms with van der Waals surface area (Å²) in [6.07, 6.45) is 0. The third-order valence-corrected chi connectivity index (χ3v) is 7.56. The van der Waals surface area contributed by atoms with Crippen molar-refractivity contribution in [2.75, 3.05) is 17.4 Å². The van der Waals surface area contributed by atoms with E-state index in [1.54, 1.807) is 37.3 Å². The van der Waals surface area contributed by atoms with Crippen molar-refractivity contribution in [3.05, 3.63) is 96.3 Å². The van der Waals surface area contributed by atoms with Crippen molar-refractivity contribution >= 4 is 27.5 Å². The fraction of sp³-hybridized carbons (Fsp3) is 0.286. The van der Waals surface area contributed by atoms with Gasteiger partial charge >= 0.3 is 0 Å². The van der Waals surface area contributed by atoms with Gasteiger partial charge in [-0.3, -0.25) is 13.9 Å². The molecule has 0 aliphatic carbocycles. The van der Waals surface area contributed by atoms with Gasteiger partial charge in [0, 0.05) is 13.1 Å². The molecule has 1 N–H and O–H groups in total. The lowest BCUT2D eigenvalue weighted by Crippen LogP contribution is -2.51. The number of nitrogens with zero attached hydrogens (tertiary/aromatic N) is 2. The van der Waals surface area contributed by atoms with Gasteiger partial charge in [-0.2, -0.15) is 0 Å². The summed E-state index contributed by atoms with van der Waals surface area (Å²) in [4.78, 5) is 27.9. The maximum Gasteiger partial charge on any atom is 0.264 e. The molecule has 196 valence electrons. The maximum atomic E-state index is 13.7. The van der Waals surface area contributed by atoms with Crippen molar-refractivity contribution in [2.45, 2.75) is 38.3 Å². The van der Waals surface area contributed by atoms with Crippen LogP contribution in [-0.2, 0) is 26.2 Å². The van der Waals surface area contributed by atoms with Crippen molar-refractivity contribution in [1.29, 1.82) is 0 Å². The van der Waals surface area contributed by atoms with Gasteiger partial charge < -0.3 is 10.2 Å². The summed E-state index contributed by atoms with van der Waals surface area (Å²) in [7, 11) is -4.22. The van der Waals surface area contributed by atoms with E-state index in [9.17, 15) is 22.4 Å². The van der Waals surface area contributed by atoms with Crippen LogP contribution in [0.15, 0.2) is 89.8 Å². The first kappa shape index (κ1) is 27.9. The summed E-state index contributed by atoms with van der Waals surface area (Å²) in [6.45, 7) is 5.59. The summed E-state index contributed by atoms with van der Waals surface area (Å²) in [6, 6.07) is 21.0. The first-order valence-corrected chi connectivity index (χ1v) is 13.5. The largest absolute Gasteiger partial charge is 0.354 e. The smallest absolute Gasteiger partial charge is 0.264 e. The van der Waals surface area contributed by atoms with E-state index < -0.39 is 34.3 Å². The lowest BCUT2D eigenvalue weighted by molar-refractivity contribution is -0.139. The number of carbonyl (C=O) groups is 2. The van der Waals surface area contributed by atoms with Crippen molar-refractivity contribution in [1.82, 2.24) is 10.2 Å². The minimum Gasteiger partial charge on any atom is -0.354 e. The van der Waals surface area contributed by atoms with Crippen LogP contribution in [0.4, 0.5) is 10.1 Å². The zero-order valence-corrected chi connectivity index (χ0v) is 22.0. The minimum atomic E-state index is -4.22. The number of rotatable bonds is 11. The van der Waals surface area contributed by atoms with Gasteiger partial charge in [0.1, 0.15) is 18.4 Å². The van der Waals surface area contributed by atoms with Gasteiger partial charge in [0.25, 0.3) is 10.0 Å². The average Bonchev–Trinajstić information content (AvgIpc) is 2.89. The lowest BCUT2D eigenvalue weighted by Gasteiger charge is -2.32. The molecule has 0 spiro atoms. The third-order valence-electron chi connectivity index (χ3n) is 5.77. The molecular weight excluding hydrogens is 493 g/mol. The molecule has 9 heteroatoms. The van der Waals surface area contributed by atoms with E-state index in [2.05, 4.69) is 5.32 Å². The highest BCUT2D eigenvalue weighted by Crippen LogP contribution is 2.24. The molecular formula is C28H32FN3O4S. The molecule has 0 fully saturated rings. The molecule has 3 aromatic carbocycles. The molecule has 2 amide bonds. The van der Waals surface area contributed by atoms with Crippen molar-refractivity contribution in [3.8, 4) is 0 Å². The number of sulfonamides is 1. The van der Waals surface area contributed by atoms with E-state index in [0.717, 1.165) is 34.1 Å². The van der Waals surface area contributed by atoms with Gasteiger partial charge in [0.15, 0.2) is 0 Å². The Morgan fingerprint density at radius 3 is 2.00 bits per heavy atom. The zero-order chi connectivity index (χ0) is 27.0. The highest BCUT2D eigenvalue weighted by Gasteiger charge is 2.32. The standard InChI is InChI=1S/C28H32FN3O4S/c1-21(2)18-30-28(34)22(3)31(19-23-10-6-4-7-11-23)27(33)20-32(25-12-8-5-9-13-25)37(35,36)26-16-14-24(29)15-17-26/h4-17,21-22H,18-20H2,1-3H3,(H,30,34). The van der Waals surface area contributed by atoms with Gasteiger partial charge in [-0.05, 0) is 54.8 Å². The second kappa shape index (κ2) is 12.5. The summed E-state index contributed by atoms with van der Waals surface area (Å²) >= 11 is 0. The molecule has 3 rings (SSSR count). The van der Waals surface area contributed by atoms with Crippen molar-refractivity contribution in [3.63, 3.8) is 0 Å². The van der Waals surface area contributed by atoms with Crippen LogP contribution in [0.3, 0.4) is 0 Å². The second-order valence-electron chi connectivity index (χ2n) is 9.12. The molecule has 0 saturated heterocycles. The molecule has 0 saturated carbocycles. The Kier molecular flexibility index (Phi) is 9.41. The normalized spacial score (nSPS) is 12.1. The average molecular weight is 526 g/mol. The summed E-state index contributed by atoms with van der Waals surface area (Å²) in [5.74, 6) is -1.23. The predicted molar refractivity (Wildman–Crippen MR) is 142 cm³/mol. The number of benzene rings is 3. The molecule has 3 aromatic rings. The van der Waals surface area contributed by atoms with Crippen LogP contribution in [0.25, 0.3) is 0 Å². The zero-order valence-electron chi connectivity index (χ0n) is 21.2. The first-order valence-electron chi connectivity index (χ1n) is 12.0. The van der Waals surface area contributed by atoms with E-state index in [4.69, 9.17) is 0 Å². The fourth-order valence-corrected chi connectivity index (χ4v) is 5.09. The molecule has 0 aromatic heterocycles. The summed E-state index contributed by atoms with van der Waals surface area (Å²) in [5, 5.41) is 2.85. The SMILES string of the molecule is CC(C)CNC(=O)C(C)N(Cc1ccccc1)C(=O)CN(c1ccccc1)S(=O)(=O)c1ccc(F)cc1. The van der Waals surface area contributed by atoms with Gasteiger partial charge in [0.05, 0.1) is 10.6 Å². The monoisotopic (exact) mass is 525 g/mol. The third kappa shape index (κ3) is 7.39. The summed E-state index contributed by atoms with van der Waals surface area (Å²) < 4.78 is 41.7. The Hall–Kier alpha value is -3.72. The number of hydrogen-bond donors (Lipinski definition) is 1. The molecule has 0 aliphatic rings. The van der Waals surface area contributed by atoms with E-state index >= 15 is 0 Å². The molecule has 0 bridgehead atoms. The van der Waals surface area contributed by atoms with E-state index in [0.29, 0.717) is 6.54 Å². The summed E-state index contributed by atoms with van der Waals surface area (Å²) in [5.41, 5.74) is 1.07. The van der Waals surface area contributed by atoms with E-state index in [1.807, 2.05) is 44.2 Å². The van der Waals surface area contributed by atoms with Gasteiger partial charge in [-0.1, -0.05) is 62.4 Å². The number of para-hydroxylation sites is 1. The lowest BCUT2D eigenvalue weighted by atomic mass is 10.1. The van der Waals surface area contributed by atoms with Crippen LogP contribution in [0.5, 0.6) is 0 Å². The minimum absolute atomic E-state index is 0.120. The first-order chi connectivity index (χ1) is 17.6. The highest BCUT2D eigenvalue weighted by atomic mass is 32.2. The Labute approximate surface area is 218 Å². The molecule has 1 atom stereocenters. The van der Waals surface area contributed by atoms with Crippen LogP contribution in [0, 0.1) is 11.7 Å². The van der Waals surface area contributed by atoms with Crippen molar-refractivity contribution in [2.24, 2.45) is 5.92 Å². The van der Waals surface area contributed by atoms with Crippen LogP contribution < -0.4 is 9.62 Å². The number of anilines is 1. The van der Waals surface area contributed by atoms with Crippen LogP contribution >= 0.6 is 0 Å². The quantitative estimate of drug-likeness (QED) is 0.406. The Balaban J connectivity index is 1.97.